The lowest BCUT2D eigenvalue weighted by Crippen LogP contribution is -2.35. The molecule has 1 atom stereocenters. The number of hydrogen-bond donors (Lipinski definition) is 1. The summed E-state index contributed by atoms with van der Waals surface area (Å²) in [6, 6.07) is 19.7. The van der Waals surface area contributed by atoms with E-state index in [2.05, 4.69) is 10.3 Å². The molecule has 0 radical (unpaired) electrons. The molecule has 24 heavy (non-hydrogen) atoms. The predicted molar refractivity (Wildman–Crippen MR) is 91.4 cm³/mol. The Hall–Kier alpha value is -3.21. The SMILES string of the molecule is O=C(Cn1ccccc1=O)NC(c1ccccc1)c1ccccn1. The third-order valence-corrected chi connectivity index (χ3v) is 3.63. The highest BCUT2D eigenvalue weighted by Gasteiger charge is 2.18. The molecule has 0 fully saturated rings. The normalized spacial score (nSPS) is 11.7. The van der Waals surface area contributed by atoms with Gasteiger partial charge in [-0.25, -0.2) is 0 Å². The summed E-state index contributed by atoms with van der Waals surface area (Å²) >= 11 is 0. The fourth-order valence-electron chi connectivity index (χ4n) is 2.47. The van der Waals surface area contributed by atoms with Crippen molar-refractivity contribution in [1.29, 1.82) is 0 Å². The first-order valence-corrected chi connectivity index (χ1v) is 7.65. The van der Waals surface area contributed by atoms with Gasteiger partial charge in [-0.15, -0.1) is 0 Å². The highest BCUT2D eigenvalue weighted by atomic mass is 16.2. The molecule has 5 heteroatoms. The van der Waals surface area contributed by atoms with Gasteiger partial charge in [-0.05, 0) is 23.8 Å². The second-order valence-corrected chi connectivity index (χ2v) is 5.33. The number of hydrogen-bond acceptors (Lipinski definition) is 3. The summed E-state index contributed by atoms with van der Waals surface area (Å²) in [5.74, 6) is -0.247. The Balaban J connectivity index is 1.83. The van der Waals surface area contributed by atoms with E-state index >= 15 is 0 Å². The van der Waals surface area contributed by atoms with Gasteiger partial charge in [0.15, 0.2) is 0 Å². The van der Waals surface area contributed by atoms with Crippen molar-refractivity contribution in [2.45, 2.75) is 12.6 Å². The summed E-state index contributed by atoms with van der Waals surface area (Å²) < 4.78 is 1.37. The van der Waals surface area contributed by atoms with Gasteiger partial charge in [-0.1, -0.05) is 42.5 Å². The molecule has 0 saturated heterocycles. The fourth-order valence-corrected chi connectivity index (χ4v) is 2.47. The molecule has 1 N–H and O–H groups in total. The highest BCUT2D eigenvalue weighted by molar-refractivity contribution is 5.76. The van der Waals surface area contributed by atoms with Gasteiger partial charge < -0.3 is 9.88 Å². The molecule has 1 amide bonds. The summed E-state index contributed by atoms with van der Waals surface area (Å²) in [5, 5.41) is 2.96. The van der Waals surface area contributed by atoms with E-state index in [1.165, 1.54) is 10.6 Å². The topological polar surface area (TPSA) is 64.0 Å². The van der Waals surface area contributed by atoms with Crippen molar-refractivity contribution in [3.8, 4) is 0 Å². The molecule has 0 aliphatic carbocycles. The zero-order valence-electron chi connectivity index (χ0n) is 13.0. The van der Waals surface area contributed by atoms with Gasteiger partial charge in [0.25, 0.3) is 5.56 Å². The summed E-state index contributed by atoms with van der Waals surface area (Å²) in [6.45, 7) is -0.0319. The molecule has 0 saturated carbocycles. The van der Waals surface area contributed by atoms with Crippen molar-refractivity contribution in [2.75, 3.05) is 0 Å². The molecule has 0 aliphatic heterocycles. The van der Waals surface area contributed by atoms with Crippen LogP contribution < -0.4 is 10.9 Å². The maximum atomic E-state index is 12.4. The zero-order valence-corrected chi connectivity index (χ0v) is 13.0. The van der Waals surface area contributed by atoms with Crippen LogP contribution in [0.15, 0.2) is 83.9 Å². The Bertz CT molecular complexity index is 821. The van der Waals surface area contributed by atoms with Crippen LogP contribution in [0.3, 0.4) is 0 Å². The standard InChI is InChI=1S/C19H17N3O2/c23-17(14-22-13-7-5-11-18(22)24)21-19(15-8-2-1-3-9-15)16-10-4-6-12-20-16/h1-13,19H,14H2,(H,21,23). The number of aromatic nitrogens is 2. The molecule has 3 aromatic rings. The van der Waals surface area contributed by atoms with Crippen LogP contribution >= 0.6 is 0 Å². The van der Waals surface area contributed by atoms with E-state index in [1.807, 2.05) is 48.5 Å². The highest BCUT2D eigenvalue weighted by Crippen LogP contribution is 2.19. The minimum Gasteiger partial charge on any atom is -0.342 e. The Morgan fingerprint density at radius 1 is 1.00 bits per heavy atom. The first kappa shape index (κ1) is 15.7. The number of carbonyl (C=O) groups excluding carboxylic acids is 1. The monoisotopic (exact) mass is 319 g/mol. The van der Waals surface area contributed by atoms with Gasteiger partial charge in [-0.2, -0.15) is 0 Å². The van der Waals surface area contributed by atoms with E-state index < -0.39 is 0 Å². The molecular weight excluding hydrogens is 302 g/mol. The van der Waals surface area contributed by atoms with E-state index in [-0.39, 0.29) is 24.1 Å². The van der Waals surface area contributed by atoms with Gasteiger partial charge in [0.1, 0.15) is 6.54 Å². The number of benzene rings is 1. The number of carbonyl (C=O) groups is 1. The first-order chi connectivity index (χ1) is 11.7. The maximum Gasteiger partial charge on any atom is 0.250 e. The molecule has 1 unspecified atom stereocenters. The Kier molecular flexibility index (Phi) is 4.81. The van der Waals surface area contributed by atoms with Crippen molar-refractivity contribution >= 4 is 5.91 Å². The third kappa shape index (κ3) is 3.76. The first-order valence-electron chi connectivity index (χ1n) is 7.65. The van der Waals surface area contributed by atoms with Gasteiger partial charge >= 0.3 is 0 Å². The van der Waals surface area contributed by atoms with Gasteiger partial charge in [0.05, 0.1) is 11.7 Å². The zero-order chi connectivity index (χ0) is 16.8. The van der Waals surface area contributed by atoms with Gasteiger partial charge in [0.2, 0.25) is 5.91 Å². The summed E-state index contributed by atoms with van der Waals surface area (Å²) in [6.07, 6.45) is 3.29. The molecular formula is C19H17N3O2. The van der Waals surface area contributed by atoms with Crippen LogP contribution in [0.2, 0.25) is 0 Å². The van der Waals surface area contributed by atoms with Crippen LogP contribution in [0, 0.1) is 0 Å². The fraction of sp³-hybridized carbons (Fsp3) is 0.105. The van der Waals surface area contributed by atoms with Crippen LogP contribution in [0.25, 0.3) is 0 Å². The lowest BCUT2D eigenvalue weighted by Gasteiger charge is -2.19. The molecule has 2 aromatic heterocycles. The molecule has 5 nitrogen and oxygen atoms in total. The number of nitrogens with one attached hydrogen (secondary N) is 1. The van der Waals surface area contributed by atoms with E-state index in [9.17, 15) is 9.59 Å². The Morgan fingerprint density at radius 2 is 1.75 bits per heavy atom. The Morgan fingerprint density at radius 3 is 2.46 bits per heavy atom. The summed E-state index contributed by atoms with van der Waals surface area (Å²) in [4.78, 5) is 28.5. The van der Waals surface area contributed by atoms with E-state index in [4.69, 9.17) is 0 Å². The van der Waals surface area contributed by atoms with Crippen molar-refractivity contribution in [1.82, 2.24) is 14.9 Å². The van der Waals surface area contributed by atoms with Crippen molar-refractivity contribution in [3.63, 3.8) is 0 Å². The van der Waals surface area contributed by atoms with Crippen LogP contribution in [0.4, 0.5) is 0 Å². The molecule has 0 aliphatic rings. The summed E-state index contributed by atoms with van der Waals surface area (Å²) in [5.41, 5.74) is 1.48. The third-order valence-electron chi connectivity index (χ3n) is 3.63. The molecule has 120 valence electrons. The van der Waals surface area contributed by atoms with E-state index in [0.29, 0.717) is 0 Å². The van der Waals surface area contributed by atoms with Crippen LogP contribution in [0.5, 0.6) is 0 Å². The Labute approximate surface area is 139 Å². The molecule has 3 rings (SSSR count). The minimum atomic E-state index is -0.362. The van der Waals surface area contributed by atoms with Crippen LogP contribution in [0.1, 0.15) is 17.3 Å². The molecule has 0 bridgehead atoms. The number of amides is 1. The number of nitrogens with zero attached hydrogens (tertiary/aromatic N) is 2. The lowest BCUT2D eigenvalue weighted by atomic mass is 10.0. The molecule has 0 spiro atoms. The quantitative estimate of drug-likeness (QED) is 0.784. The van der Waals surface area contributed by atoms with Crippen LogP contribution in [-0.4, -0.2) is 15.5 Å². The maximum absolute atomic E-state index is 12.4. The summed E-state index contributed by atoms with van der Waals surface area (Å²) in [7, 11) is 0. The second-order valence-electron chi connectivity index (χ2n) is 5.33. The second kappa shape index (κ2) is 7.37. The van der Waals surface area contributed by atoms with Crippen molar-refractivity contribution < 1.29 is 4.79 Å². The van der Waals surface area contributed by atoms with E-state index in [0.717, 1.165) is 11.3 Å². The number of rotatable bonds is 5. The largest absolute Gasteiger partial charge is 0.342 e. The average molecular weight is 319 g/mol. The van der Waals surface area contributed by atoms with Gasteiger partial charge in [-0.3, -0.25) is 14.6 Å². The predicted octanol–water partition coefficient (Wildman–Crippen LogP) is 2.15. The smallest absolute Gasteiger partial charge is 0.250 e. The molecule has 2 heterocycles. The van der Waals surface area contributed by atoms with Crippen LogP contribution in [-0.2, 0) is 11.3 Å². The number of pyridine rings is 2. The average Bonchev–Trinajstić information content (AvgIpc) is 2.63. The van der Waals surface area contributed by atoms with Gasteiger partial charge in [0, 0.05) is 18.5 Å². The minimum absolute atomic E-state index is 0.0319. The van der Waals surface area contributed by atoms with Crippen molar-refractivity contribution in [2.24, 2.45) is 0 Å². The lowest BCUT2D eigenvalue weighted by molar-refractivity contribution is -0.122. The van der Waals surface area contributed by atoms with Crippen molar-refractivity contribution in [3.05, 3.63) is 101 Å². The molecule has 1 aromatic carbocycles. The van der Waals surface area contributed by atoms with E-state index in [1.54, 1.807) is 24.5 Å².